The highest BCUT2D eigenvalue weighted by Gasteiger charge is 2.42. The third-order valence-electron chi connectivity index (χ3n) is 4.17. The van der Waals surface area contributed by atoms with Crippen LogP contribution in [-0.2, 0) is 16.0 Å². The molecule has 112 valence electrons. The first kappa shape index (κ1) is 14.1. The summed E-state index contributed by atoms with van der Waals surface area (Å²) in [4.78, 5) is 31.7. The van der Waals surface area contributed by atoms with Gasteiger partial charge in [-0.25, -0.2) is 4.98 Å². The Morgan fingerprint density at radius 1 is 1.57 bits per heavy atom. The van der Waals surface area contributed by atoms with Crippen LogP contribution in [-0.4, -0.2) is 44.7 Å². The van der Waals surface area contributed by atoms with Crippen LogP contribution in [0.25, 0.3) is 4.96 Å². The number of nitrogens with one attached hydrogen (secondary N) is 1. The number of amides is 2. The molecule has 0 aliphatic carbocycles. The Morgan fingerprint density at radius 2 is 2.38 bits per heavy atom. The molecule has 2 aromatic heterocycles. The fourth-order valence-corrected chi connectivity index (χ4v) is 3.42. The van der Waals surface area contributed by atoms with Crippen LogP contribution in [0.3, 0.4) is 0 Å². The average Bonchev–Trinajstić information content (AvgIpc) is 3.02. The van der Waals surface area contributed by atoms with Crippen molar-refractivity contribution in [1.82, 2.24) is 19.6 Å². The topological polar surface area (TPSA) is 66.7 Å². The zero-order valence-corrected chi connectivity index (χ0v) is 12.9. The van der Waals surface area contributed by atoms with Gasteiger partial charge in [-0.05, 0) is 13.3 Å². The van der Waals surface area contributed by atoms with Crippen molar-refractivity contribution in [3.05, 3.63) is 23.5 Å². The largest absolute Gasteiger partial charge is 0.352 e. The van der Waals surface area contributed by atoms with Crippen LogP contribution in [0.4, 0.5) is 0 Å². The molecule has 1 N–H and O–H groups in total. The number of aromatic nitrogens is 2. The van der Waals surface area contributed by atoms with Crippen LogP contribution in [0.1, 0.15) is 26.0 Å². The van der Waals surface area contributed by atoms with Gasteiger partial charge in [-0.2, -0.15) is 0 Å². The zero-order chi connectivity index (χ0) is 15.0. The van der Waals surface area contributed by atoms with Gasteiger partial charge in [-0.15, -0.1) is 11.3 Å². The van der Waals surface area contributed by atoms with E-state index in [4.69, 9.17) is 0 Å². The van der Waals surface area contributed by atoms with E-state index in [1.807, 2.05) is 36.0 Å². The predicted molar refractivity (Wildman–Crippen MR) is 80.2 cm³/mol. The number of piperazine rings is 1. The Kier molecular flexibility index (Phi) is 3.44. The SMILES string of the molecule is CC[C@]1(C)C(=O)NCCN1C(=O)Cc1cn2ccsc2n1. The van der Waals surface area contributed by atoms with Gasteiger partial charge >= 0.3 is 0 Å². The third-order valence-corrected chi connectivity index (χ3v) is 4.94. The van der Waals surface area contributed by atoms with Gasteiger partial charge in [-0.3, -0.25) is 14.0 Å². The summed E-state index contributed by atoms with van der Waals surface area (Å²) in [5.41, 5.74) is -0.0109. The highest BCUT2D eigenvalue weighted by Crippen LogP contribution is 2.23. The molecule has 3 rings (SSSR count). The molecule has 21 heavy (non-hydrogen) atoms. The number of rotatable bonds is 3. The smallest absolute Gasteiger partial charge is 0.245 e. The summed E-state index contributed by atoms with van der Waals surface area (Å²) < 4.78 is 1.91. The van der Waals surface area contributed by atoms with E-state index in [-0.39, 0.29) is 18.2 Å². The maximum absolute atomic E-state index is 12.6. The van der Waals surface area contributed by atoms with Crippen LogP contribution in [0.2, 0.25) is 0 Å². The quantitative estimate of drug-likeness (QED) is 0.922. The van der Waals surface area contributed by atoms with Crippen LogP contribution in [0.15, 0.2) is 17.8 Å². The number of hydrogen-bond acceptors (Lipinski definition) is 4. The lowest BCUT2D eigenvalue weighted by molar-refractivity contribution is -0.150. The highest BCUT2D eigenvalue weighted by molar-refractivity contribution is 7.15. The molecule has 0 aromatic carbocycles. The molecule has 1 fully saturated rings. The van der Waals surface area contributed by atoms with Gasteiger partial charge in [0.15, 0.2) is 4.96 Å². The predicted octanol–water partition coefficient (Wildman–Crippen LogP) is 1.07. The van der Waals surface area contributed by atoms with Crippen LogP contribution < -0.4 is 5.32 Å². The van der Waals surface area contributed by atoms with E-state index >= 15 is 0 Å². The lowest BCUT2D eigenvalue weighted by Crippen LogP contribution is -2.64. The molecular formula is C14H18N4O2S. The molecule has 2 aromatic rings. The first-order valence-corrected chi connectivity index (χ1v) is 7.92. The van der Waals surface area contributed by atoms with Crippen LogP contribution >= 0.6 is 11.3 Å². The lowest BCUT2D eigenvalue weighted by Gasteiger charge is -2.43. The van der Waals surface area contributed by atoms with Gasteiger partial charge in [-0.1, -0.05) is 6.92 Å². The molecule has 1 aliphatic heterocycles. The molecule has 0 saturated carbocycles. The Morgan fingerprint density at radius 3 is 3.10 bits per heavy atom. The molecule has 6 nitrogen and oxygen atoms in total. The fraction of sp³-hybridized carbons (Fsp3) is 0.500. The maximum Gasteiger partial charge on any atom is 0.245 e. The van der Waals surface area contributed by atoms with Crippen molar-refractivity contribution in [2.24, 2.45) is 0 Å². The Labute approximate surface area is 126 Å². The molecule has 1 aliphatic rings. The molecule has 0 unspecified atom stereocenters. The lowest BCUT2D eigenvalue weighted by atomic mass is 9.92. The first-order chi connectivity index (χ1) is 10.0. The second-order valence-corrected chi connectivity index (χ2v) is 6.30. The van der Waals surface area contributed by atoms with E-state index in [1.54, 1.807) is 4.90 Å². The summed E-state index contributed by atoms with van der Waals surface area (Å²) in [5.74, 6) is -0.115. The normalized spacial score (nSPS) is 22.6. The summed E-state index contributed by atoms with van der Waals surface area (Å²) in [7, 11) is 0. The molecule has 2 amide bonds. The van der Waals surface area contributed by atoms with Crippen LogP contribution in [0.5, 0.6) is 0 Å². The van der Waals surface area contributed by atoms with E-state index in [2.05, 4.69) is 10.3 Å². The summed E-state index contributed by atoms with van der Waals surface area (Å²) in [6.07, 6.45) is 4.63. The number of nitrogens with zero attached hydrogens (tertiary/aromatic N) is 3. The minimum Gasteiger partial charge on any atom is -0.352 e. The Hall–Kier alpha value is -1.89. The van der Waals surface area contributed by atoms with Crippen molar-refractivity contribution in [2.45, 2.75) is 32.2 Å². The van der Waals surface area contributed by atoms with E-state index in [1.165, 1.54) is 11.3 Å². The summed E-state index contributed by atoms with van der Waals surface area (Å²) in [6, 6.07) is 0. The van der Waals surface area contributed by atoms with Crippen molar-refractivity contribution < 1.29 is 9.59 Å². The van der Waals surface area contributed by atoms with E-state index in [0.717, 1.165) is 10.7 Å². The molecule has 3 heterocycles. The molecule has 7 heteroatoms. The molecule has 0 radical (unpaired) electrons. The second kappa shape index (κ2) is 5.14. The number of carbonyl (C=O) groups excluding carboxylic acids is 2. The van der Waals surface area contributed by atoms with Crippen molar-refractivity contribution in [1.29, 1.82) is 0 Å². The molecular weight excluding hydrogens is 288 g/mol. The molecule has 0 spiro atoms. The standard InChI is InChI=1S/C14H18N4O2S/c1-3-14(2)12(20)15-4-5-18(14)11(19)8-10-9-17-6-7-21-13(17)16-10/h6-7,9H,3-5,8H2,1-2H3,(H,15,20)/t14-/m1/s1. The minimum atomic E-state index is -0.757. The number of imidazole rings is 1. The van der Waals surface area contributed by atoms with E-state index < -0.39 is 5.54 Å². The number of thiazole rings is 1. The van der Waals surface area contributed by atoms with Crippen molar-refractivity contribution >= 4 is 28.1 Å². The number of hydrogen-bond donors (Lipinski definition) is 1. The van der Waals surface area contributed by atoms with Crippen LogP contribution in [0, 0.1) is 0 Å². The first-order valence-electron chi connectivity index (χ1n) is 7.04. The highest BCUT2D eigenvalue weighted by atomic mass is 32.1. The van der Waals surface area contributed by atoms with Gasteiger partial charge in [0.25, 0.3) is 0 Å². The van der Waals surface area contributed by atoms with Gasteiger partial charge in [0.2, 0.25) is 11.8 Å². The van der Waals surface area contributed by atoms with E-state index in [9.17, 15) is 9.59 Å². The molecule has 1 saturated heterocycles. The third kappa shape index (κ3) is 2.31. The van der Waals surface area contributed by atoms with Gasteiger partial charge < -0.3 is 10.2 Å². The van der Waals surface area contributed by atoms with Gasteiger partial charge in [0, 0.05) is 30.9 Å². The second-order valence-electron chi connectivity index (χ2n) is 5.43. The van der Waals surface area contributed by atoms with Gasteiger partial charge in [0.1, 0.15) is 5.54 Å². The Balaban J connectivity index is 1.80. The summed E-state index contributed by atoms with van der Waals surface area (Å²) >= 11 is 1.54. The molecule has 1 atom stereocenters. The summed E-state index contributed by atoms with van der Waals surface area (Å²) in [5, 5.41) is 4.79. The van der Waals surface area contributed by atoms with Crippen molar-refractivity contribution in [2.75, 3.05) is 13.1 Å². The fourth-order valence-electron chi connectivity index (χ4n) is 2.70. The van der Waals surface area contributed by atoms with Crippen molar-refractivity contribution in [3.8, 4) is 0 Å². The van der Waals surface area contributed by atoms with E-state index in [0.29, 0.717) is 19.5 Å². The van der Waals surface area contributed by atoms with Gasteiger partial charge in [0.05, 0.1) is 12.1 Å². The number of fused-ring (bicyclic) bond motifs is 1. The maximum atomic E-state index is 12.6. The molecule has 0 bridgehead atoms. The minimum absolute atomic E-state index is 0.0417. The summed E-state index contributed by atoms with van der Waals surface area (Å²) in [6.45, 7) is 4.82. The Bertz CT molecular complexity index is 664. The zero-order valence-electron chi connectivity index (χ0n) is 12.1. The average molecular weight is 306 g/mol. The monoisotopic (exact) mass is 306 g/mol. The van der Waals surface area contributed by atoms with Crippen molar-refractivity contribution in [3.63, 3.8) is 0 Å². The number of carbonyl (C=O) groups is 2.